The number of rotatable bonds is 9. The Labute approximate surface area is 228 Å². The number of hydrogen-bond acceptors (Lipinski definition) is 8. The molecule has 10 nitrogen and oxygen atoms in total. The molecule has 2 aromatic heterocycles. The summed E-state index contributed by atoms with van der Waals surface area (Å²) >= 11 is 0. The lowest BCUT2D eigenvalue weighted by Gasteiger charge is -2.16. The predicted molar refractivity (Wildman–Crippen MR) is 136 cm³/mol. The van der Waals surface area contributed by atoms with Gasteiger partial charge in [0, 0.05) is 11.6 Å². The van der Waals surface area contributed by atoms with Crippen molar-refractivity contribution in [2.24, 2.45) is 0 Å². The molecule has 0 atom stereocenters. The van der Waals surface area contributed by atoms with Crippen molar-refractivity contribution in [2.45, 2.75) is 63.4 Å². The quantitative estimate of drug-likeness (QED) is 0.287. The van der Waals surface area contributed by atoms with Gasteiger partial charge in [0.15, 0.2) is 0 Å². The number of nitrogens with zero attached hydrogens (tertiary/aromatic N) is 4. The van der Waals surface area contributed by atoms with E-state index in [1.165, 1.54) is 23.0 Å². The van der Waals surface area contributed by atoms with Gasteiger partial charge >= 0.3 is 6.36 Å². The molecule has 1 N–H and O–H groups in total. The second-order valence-corrected chi connectivity index (χ2v) is 11.1. The first-order valence-corrected chi connectivity index (χ1v) is 14.0. The van der Waals surface area contributed by atoms with Crippen LogP contribution in [0.15, 0.2) is 58.1 Å². The molecule has 4 aromatic rings. The molecule has 0 amide bonds. The molecule has 1 aliphatic rings. The van der Waals surface area contributed by atoms with Gasteiger partial charge in [0.2, 0.25) is 10.0 Å². The van der Waals surface area contributed by atoms with E-state index in [2.05, 4.69) is 24.9 Å². The number of aryl methyl sites for hydroxylation is 2. The fourth-order valence-corrected chi connectivity index (χ4v) is 6.13. The summed E-state index contributed by atoms with van der Waals surface area (Å²) in [6.07, 6.45) is 0.204. The van der Waals surface area contributed by atoms with Crippen LogP contribution in [0.3, 0.4) is 0 Å². The first-order chi connectivity index (χ1) is 19.0. The molecule has 0 bridgehead atoms. The molecular weight excluding hydrogens is 551 g/mol. The number of aromatic nitrogens is 4. The van der Waals surface area contributed by atoms with Gasteiger partial charge in [-0.25, -0.2) is 17.8 Å². The number of sulfonamides is 1. The number of benzene rings is 2. The number of nitrogens with one attached hydrogen (secondary N) is 1. The zero-order chi connectivity index (χ0) is 28.5. The standard InChI is InChI=1S/C26H26F3N5O5S/c1-16-25(17(2)39-31-16)18-7-12-23(24(13-18)40(35,36)32-19-5-3-4-6-19)37-15-20-14-34(33-30-20)21-8-10-22(11-9-21)38-26(27,28)29/h7-14,19,32H,3-6,15H2,1-2H3. The monoisotopic (exact) mass is 577 g/mol. The fraction of sp³-hybridized carbons (Fsp3) is 0.346. The number of hydrogen-bond donors (Lipinski definition) is 1. The zero-order valence-electron chi connectivity index (χ0n) is 21.6. The van der Waals surface area contributed by atoms with Crippen molar-refractivity contribution >= 4 is 10.0 Å². The molecule has 1 aliphatic carbocycles. The average Bonchev–Trinajstić information content (AvgIpc) is 3.64. The van der Waals surface area contributed by atoms with Crippen LogP contribution in [0.1, 0.15) is 42.8 Å². The van der Waals surface area contributed by atoms with E-state index in [0.29, 0.717) is 34.0 Å². The first kappa shape index (κ1) is 27.6. The highest BCUT2D eigenvalue weighted by atomic mass is 32.2. The number of alkyl halides is 3. The summed E-state index contributed by atoms with van der Waals surface area (Å²) in [6.45, 7) is 3.43. The second kappa shape index (κ2) is 10.9. The summed E-state index contributed by atoms with van der Waals surface area (Å²) in [6, 6.07) is 9.83. The molecule has 5 rings (SSSR count). The van der Waals surface area contributed by atoms with Gasteiger partial charge < -0.3 is 14.0 Å². The minimum Gasteiger partial charge on any atom is -0.486 e. The fourth-order valence-electron chi connectivity index (χ4n) is 4.66. The zero-order valence-corrected chi connectivity index (χ0v) is 22.4. The third-order valence-corrected chi connectivity index (χ3v) is 8.03. The van der Waals surface area contributed by atoms with Crippen LogP contribution in [0.4, 0.5) is 13.2 Å². The van der Waals surface area contributed by atoms with Gasteiger partial charge in [0.05, 0.1) is 17.6 Å². The van der Waals surface area contributed by atoms with Gasteiger partial charge in [-0.05, 0) is 68.7 Å². The molecule has 0 saturated heterocycles. The molecule has 0 radical (unpaired) electrons. The minimum absolute atomic E-state index is 0.0236. The van der Waals surface area contributed by atoms with Gasteiger partial charge in [0.25, 0.3) is 0 Å². The van der Waals surface area contributed by atoms with Crippen LogP contribution < -0.4 is 14.2 Å². The molecule has 40 heavy (non-hydrogen) atoms. The van der Waals surface area contributed by atoms with Crippen molar-refractivity contribution < 1.29 is 35.6 Å². The van der Waals surface area contributed by atoms with Crippen LogP contribution in [0.25, 0.3) is 16.8 Å². The molecule has 0 unspecified atom stereocenters. The van der Waals surface area contributed by atoms with Crippen molar-refractivity contribution in [3.63, 3.8) is 0 Å². The minimum atomic E-state index is -4.79. The van der Waals surface area contributed by atoms with Gasteiger partial charge in [-0.1, -0.05) is 29.3 Å². The Morgan fingerprint density at radius 2 is 1.82 bits per heavy atom. The predicted octanol–water partition coefficient (Wildman–Crippen LogP) is 5.24. The van der Waals surface area contributed by atoms with E-state index in [-0.39, 0.29) is 29.0 Å². The Kier molecular flexibility index (Phi) is 7.55. The molecule has 1 saturated carbocycles. The van der Waals surface area contributed by atoms with E-state index in [1.54, 1.807) is 32.0 Å². The van der Waals surface area contributed by atoms with Gasteiger partial charge in [-0.2, -0.15) is 0 Å². The third kappa shape index (κ3) is 6.28. The third-order valence-electron chi connectivity index (χ3n) is 6.48. The van der Waals surface area contributed by atoms with E-state index in [1.807, 2.05) is 0 Å². The lowest BCUT2D eigenvalue weighted by atomic mass is 10.0. The maximum Gasteiger partial charge on any atom is 0.573 e. The maximum absolute atomic E-state index is 13.5. The first-order valence-electron chi connectivity index (χ1n) is 12.5. The molecule has 0 aliphatic heterocycles. The molecule has 2 aromatic carbocycles. The van der Waals surface area contributed by atoms with Gasteiger partial charge in [-0.15, -0.1) is 18.3 Å². The summed E-state index contributed by atoms with van der Waals surface area (Å²) in [5, 5.41) is 12.0. The molecule has 0 spiro atoms. The topological polar surface area (TPSA) is 121 Å². The lowest BCUT2D eigenvalue weighted by molar-refractivity contribution is -0.274. The van der Waals surface area contributed by atoms with E-state index in [9.17, 15) is 21.6 Å². The molecule has 14 heteroatoms. The van der Waals surface area contributed by atoms with Crippen molar-refractivity contribution in [3.05, 3.63) is 65.8 Å². The van der Waals surface area contributed by atoms with Crippen molar-refractivity contribution in [1.29, 1.82) is 0 Å². The Morgan fingerprint density at radius 1 is 1.10 bits per heavy atom. The van der Waals surface area contributed by atoms with Crippen LogP contribution >= 0.6 is 0 Å². The Balaban J connectivity index is 1.37. The van der Waals surface area contributed by atoms with E-state index in [4.69, 9.17) is 9.26 Å². The van der Waals surface area contributed by atoms with Crippen molar-refractivity contribution in [2.75, 3.05) is 0 Å². The average molecular weight is 578 g/mol. The normalized spacial score (nSPS) is 14.5. The molecule has 1 fully saturated rings. The molecule has 212 valence electrons. The van der Waals surface area contributed by atoms with E-state index >= 15 is 0 Å². The van der Waals surface area contributed by atoms with Crippen molar-refractivity contribution in [3.8, 4) is 28.3 Å². The van der Waals surface area contributed by atoms with Gasteiger partial charge in [-0.3, -0.25) is 0 Å². The summed E-state index contributed by atoms with van der Waals surface area (Å²) in [4.78, 5) is -0.0236. The largest absolute Gasteiger partial charge is 0.573 e. The van der Waals surface area contributed by atoms with Crippen molar-refractivity contribution in [1.82, 2.24) is 24.9 Å². The van der Waals surface area contributed by atoms with E-state index in [0.717, 1.165) is 37.8 Å². The highest BCUT2D eigenvalue weighted by Gasteiger charge is 2.31. The SMILES string of the molecule is Cc1noc(C)c1-c1ccc(OCc2cn(-c3ccc(OC(F)(F)F)cc3)nn2)c(S(=O)(=O)NC2CCCC2)c1. The summed E-state index contributed by atoms with van der Waals surface area (Å²) in [7, 11) is -3.93. The molecular formula is C26H26F3N5O5S. The molecule has 2 heterocycles. The Hall–Kier alpha value is -3.91. The summed E-state index contributed by atoms with van der Waals surface area (Å²) in [5.41, 5.74) is 2.78. The van der Waals surface area contributed by atoms with Gasteiger partial charge in [0.1, 0.15) is 34.5 Å². The Bertz CT molecular complexity index is 1570. The van der Waals surface area contributed by atoms with Crippen LogP contribution in [-0.4, -0.2) is 41.0 Å². The van der Waals surface area contributed by atoms with Crippen LogP contribution in [0.5, 0.6) is 11.5 Å². The summed E-state index contributed by atoms with van der Waals surface area (Å²) < 4.78 is 83.4. The summed E-state index contributed by atoms with van der Waals surface area (Å²) in [5.74, 6) is 0.331. The van der Waals surface area contributed by atoms with E-state index < -0.39 is 16.4 Å². The Morgan fingerprint density at radius 3 is 2.48 bits per heavy atom. The second-order valence-electron chi connectivity index (χ2n) is 9.45. The number of halogens is 3. The smallest absolute Gasteiger partial charge is 0.486 e. The maximum atomic E-state index is 13.5. The highest BCUT2D eigenvalue weighted by Crippen LogP contribution is 2.34. The highest BCUT2D eigenvalue weighted by molar-refractivity contribution is 7.89. The lowest BCUT2D eigenvalue weighted by Crippen LogP contribution is -2.33. The van der Waals surface area contributed by atoms with Crippen LogP contribution in [0, 0.1) is 13.8 Å². The number of ether oxygens (including phenoxy) is 2. The van der Waals surface area contributed by atoms with Crippen LogP contribution in [0.2, 0.25) is 0 Å². The van der Waals surface area contributed by atoms with Crippen LogP contribution in [-0.2, 0) is 16.6 Å².